The smallest absolute Gasteiger partial charge is 0.314 e. The fourth-order valence-corrected chi connectivity index (χ4v) is 1.01. The lowest BCUT2D eigenvalue weighted by Crippen LogP contribution is -1.99. The van der Waals surface area contributed by atoms with Crippen molar-refractivity contribution >= 4 is 17.8 Å². The summed E-state index contributed by atoms with van der Waals surface area (Å²) in [6, 6.07) is 4.46. The Balaban J connectivity index is 3.17. The number of benzene rings is 1. The fourth-order valence-electron chi connectivity index (χ4n) is 1.01. The summed E-state index contributed by atoms with van der Waals surface area (Å²) in [7, 11) is 0. The average Bonchev–Trinajstić information content (AvgIpc) is 2.08. The highest BCUT2D eigenvalue weighted by Crippen LogP contribution is 2.24. The Kier molecular flexibility index (Phi) is 2.59. The van der Waals surface area contributed by atoms with Crippen LogP contribution in [0.4, 0.5) is 11.4 Å². The van der Waals surface area contributed by atoms with Crippen molar-refractivity contribution in [2.45, 2.75) is 6.92 Å². The number of nitrogens with one attached hydrogen (secondary N) is 1. The fraction of sp³-hybridized carbons (Fsp3) is 0.125. The van der Waals surface area contributed by atoms with Gasteiger partial charge >= 0.3 is 6.41 Å². The van der Waals surface area contributed by atoms with E-state index < -0.39 is 4.92 Å². The zero-order valence-electron chi connectivity index (χ0n) is 6.90. The Hall–Kier alpha value is -1.91. The van der Waals surface area contributed by atoms with Crippen molar-refractivity contribution in [1.29, 1.82) is 0 Å². The van der Waals surface area contributed by atoms with Gasteiger partial charge in [0.1, 0.15) is 0 Å². The van der Waals surface area contributed by atoms with Gasteiger partial charge in [-0.1, -0.05) is 6.07 Å². The quantitative estimate of drug-likeness (QED) is 0.432. The molecule has 67 valence electrons. The molecule has 0 bridgehead atoms. The molecule has 13 heavy (non-hydrogen) atoms. The number of carbonyl (C=O) groups excluding carboxylic acids is 1. The van der Waals surface area contributed by atoms with E-state index in [0.717, 1.165) is 0 Å². The highest BCUT2D eigenvalue weighted by atomic mass is 16.6. The number of nitro groups is 1. The van der Waals surface area contributed by atoms with Crippen molar-refractivity contribution in [2.24, 2.45) is 0 Å². The Morgan fingerprint density at radius 1 is 1.54 bits per heavy atom. The van der Waals surface area contributed by atoms with Crippen LogP contribution < -0.4 is 5.32 Å². The Morgan fingerprint density at radius 2 is 2.23 bits per heavy atom. The van der Waals surface area contributed by atoms with E-state index in [1.807, 2.05) is 0 Å². The third kappa shape index (κ3) is 1.81. The van der Waals surface area contributed by atoms with Crippen molar-refractivity contribution in [1.82, 2.24) is 0 Å². The van der Waals surface area contributed by atoms with E-state index in [4.69, 9.17) is 0 Å². The molecule has 0 aliphatic rings. The lowest BCUT2D eigenvalue weighted by Gasteiger charge is -2.02. The average molecular weight is 179 g/mol. The molecule has 0 atom stereocenters. The number of amides is 1. The molecule has 1 N–H and O–H groups in total. The number of nitrogens with zero attached hydrogens (tertiary/aromatic N) is 1. The normalized spacial score (nSPS) is 9.31. The molecule has 1 aromatic carbocycles. The monoisotopic (exact) mass is 179 g/mol. The highest BCUT2D eigenvalue weighted by Gasteiger charge is 2.12. The molecule has 0 spiro atoms. The first-order valence-electron chi connectivity index (χ1n) is 3.54. The van der Waals surface area contributed by atoms with Gasteiger partial charge < -0.3 is 5.32 Å². The lowest BCUT2D eigenvalue weighted by molar-refractivity contribution is -0.385. The second-order valence-corrected chi connectivity index (χ2v) is 2.43. The molecule has 5 nitrogen and oxygen atoms in total. The summed E-state index contributed by atoms with van der Waals surface area (Å²) in [5, 5.41) is 12.7. The third-order valence-corrected chi connectivity index (χ3v) is 1.69. The van der Waals surface area contributed by atoms with E-state index >= 15 is 0 Å². The minimum absolute atomic E-state index is 0.0137. The van der Waals surface area contributed by atoms with Crippen LogP contribution >= 0.6 is 0 Å². The largest absolute Gasteiger partial charge is 0.317 e. The molecule has 0 fully saturated rings. The predicted molar refractivity (Wildman–Crippen MR) is 47.1 cm³/mol. The molecule has 0 aliphatic carbocycles. The van der Waals surface area contributed by atoms with Gasteiger partial charge in [0.05, 0.1) is 16.2 Å². The summed E-state index contributed by atoms with van der Waals surface area (Å²) in [6.45, 7) is 1.57. The zero-order valence-corrected chi connectivity index (χ0v) is 6.90. The summed E-state index contributed by atoms with van der Waals surface area (Å²) in [6.07, 6.45) is 1.47. The Labute approximate surface area is 74.5 Å². The first-order chi connectivity index (χ1) is 6.16. The van der Waals surface area contributed by atoms with Gasteiger partial charge in [-0.3, -0.25) is 14.9 Å². The predicted octanol–water partition coefficient (Wildman–Crippen LogP) is 1.38. The maximum absolute atomic E-state index is 10.5. The summed E-state index contributed by atoms with van der Waals surface area (Å²) < 4.78 is 0. The minimum atomic E-state index is -0.495. The summed E-state index contributed by atoms with van der Waals surface area (Å²) in [4.78, 5) is 20.0. The zero-order chi connectivity index (χ0) is 9.84. The lowest BCUT2D eigenvalue weighted by atomic mass is 10.1. The summed E-state index contributed by atoms with van der Waals surface area (Å²) in [5.74, 6) is 0. The van der Waals surface area contributed by atoms with E-state index in [9.17, 15) is 14.9 Å². The standard InChI is InChI=1S/C8H7N2O3/c1-6-7(9-5-11)3-2-4-8(6)10(12)13/h2-4H,1H3,(H,9,11). The summed E-state index contributed by atoms with van der Waals surface area (Å²) >= 11 is 0. The maximum Gasteiger partial charge on any atom is 0.314 e. The third-order valence-electron chi connectivity index (χ3n) is 1.69. The number of hydrogen-bond donors (Lipinski definition) is 1. The number of anilines is 1. The number of hydrogen-bond acceptors (Lipinski definition) is 3. The van der Waals surface area contributed by atoms with Crippen LogP contribution in [0.25, 0.3) is 0 Å². The molecule has 0 aromatic heterocycles. The Morgan fingerprint density at radius 3 is 2.77 bits per heavy atom. The van der Waals surface area contributed by atoms with Crippen molar-refractivity contribution in [2.75, 3.05) is 5.32 Å². The van der Waals surface area contributed by atoms with Gasteiger partial charge in [-0.2, -0.15) is 0 Å². The summed E-state index contributed by atoms with van der Waals surface area (Å²) in [5.41, 5.74) is 0.820. The molecule has 0 heterocycles. The molecule has 1 amide bonds. The van der Waals surface area contributed by atoms with Gasteiger partial charge in [-0.15, -0.1) is 0 Å². The van der Waals surface area contributed by atoms with Crippen LogP contribution in [-0.4, -0.2) is 11.3 Å². The van der Waals surface area contributed by atoms with E-state index in [1.165, 1.54) is 18.5 Å². The van der Waals surface area contributed by atoms with Crippen molar-refractivity contribution in [3.8, 4) is 0 Å². The molecular weight excluding hydrogens is 172 g/mol. The topological polar surface area (TPSA) is 72.2 Å². The molecule has 1 rings (SSSR count). The molecule has 0 aliphatic heterocycles. The molecule has 1 radical (unpaired) electrons. The van der Waals surface area contributed by atoms with Gasteiger partial charge in [-0.05, 0) is 13.0 Å². The van der Waals surface area contributed by atoms with Crippen LogP contribution in [-0.2, 0) is 4.79 Å². The van der Waals surface area contributed by atoms with Gasteiger partial charge in [0.25, 0.3) is 5.69 Å². The second-order valence-electron chi connectivity index (χ2n) is 2.43. The van der Waals surface area contributed by atoms with E-state index in [1.54, 1.807) is 13.0 Å². The van der Waals surface area contributed by atoms with E-state index in [-0.39, 0.29) is 5.69 Å². The molecule has 0 saturated heterocycles. The van der Waals surface area contributed by atoms with Crippen LogP contribution in [0.1, 0.15) is 5.56 Å². The van der Waals surface area contributed by atoms with Gasteiger partial charge in [-0.25, -0.2) is 0 Å². The van der Waals surface area contributed by atoms with Crippen LogP contribution in [0.15, 0.2) is 18.2 Å². The first-order valence-corrected chi connectivity index (χ1v) is 3.54. The minimum Gasteiger partial charge on any atom is -0.317 e. The number of nitro benzene ring substituents is 1. The van der Waals surface area contributed by atoms with Crippen LogP contribution in [0.3, 0.4) is 0 Å². The molecule has 1 aromatic rings. The molecular formula is C8H7N2O3. The van der Waals surface area contributed by atoms with Crippen molar-refractivity contribution < 1.29 is 9.72 Å². The van der Waals surface area contributed by atoms with Gasteiger partial charge in [0.2, 0.25) is 0 Å². The van der Waals surface area contributed by atoms with Crippen molar-refractivity contribution in [3.05, 3.63) is 33.9 Å². The first kappa shape index (κ1) is 9.18. The van der Waals surface area contributed by atoms with Gasteiger partial charge in [0, 0.05) is 6.07 Å². The SMILES string of the molecule is Cc1c(N[C]=O)cccc1[N+](=O)[O-]. The number of rotatable bonds is 3. The van der Waals surface area contributed by atoms with Crippen LogP contribution in [0.5, 0.6) is 0 Å². The Bertz CT molecular complexity index is 349. The van der Waals surface area contributed by atoms with Gasteiger partial charge in [0.15, 0.2) is 0 Å². The highest BCUT2D eigenvalue weighted by molar-refractivity contribution is 5.75. The van der Waals surface area contributed by atoms with E-state index in [2.05, 4.69) is 5.32 Å². The van der Waals surface area contributed by atoms with Crippen LogP contribution in [0, 0.1) is 17.0 Å². The second kappa shape index (κ2) is 3.66. The molecule has 0 saturated carbocycles. The molecule has 5 heteroatoms. The molecule has 0 unspecified atom stereocenters. The van der Waals surface area contributed by atoms with Crippen molar-refractivity contribution in [3.63, 3.8) is 0 Å². The van der Waals surface area contributed by atoms with E-state index in [0.29, 0.717) is 11.3 Å². The maximum atomic E-state index is 10.5. The van der Waals surface area contributed by atoms with Crippen LogP contribution in [0.2, 0.25) is 0 Å².